The molecule has 5 heterocycles. The van der Waals surface area contributed by atoms with Crippen LogP contribution in [-0.4, -0.2) is 39.3 Å². The first-order valence-corrected chi connectivity index (χ1v) is 15.7. The Hall–Kier alpha value is -1.89. The van der Waals surface area contributed by atoms with Gasteiger partial charge < -0.3 is 46.8 Å². The maximum atomic E-state index is 5.22. The first kappa shape index (κ1) is 40.1. The zero-order valence-corrected chi connectivity index (χ0v) is 32.3. The van der Waals surface area contributed by atoms with Crippen LogP contribution in [0.4, 0.5) is 0 Å². The number of hydrogen-bond acceptors (Lipinski definition) is 2. The quantitative estimate of drug-likeness (QED) is 0.261. The largest absolute Gasteiger partial charge is 3.00 e. The molecule has 0 saturated heterocycles. The van der Waals surface area contributed by atoms with Crippen LogP contribution >= 0.6 is 0 Å². The molecule has 0 spiro atoms. The van der Waals surface area contributed by atoms with Crippen molar-refractivity contribution in [1.29, 1.82) is 0 Å². The van der Waals surface area contributed by atoms with Crippen LogP contribution in [0.15, 0.2) is 12.1 Å². The summed E-state index contributed by atoms with van der Waals surface area (Å²) in [5.74, 6) is 0. The Balaban J connectivity index is 0.00000242. The number of aromatic amines is 1. The van der Waals surface area contributed by atoms with Crippen LogP contribution in [-0.2, 0) is 45.1 Å². The van der Waals surface area contributed by atoms with Crippen LogP contribution in [0.1, 0.15) is 118 Å². The molecule has 234 valence electrons. The minimum absolute atomic E-state index is 0. The molecule has 0 amide bonds. The Morgan fingerprint density at radius 3 is 1.59 bits per heavy atom. The molecule has 0 atom stereocenters. The van der Waals surface area contributed by atoms with Gasteiger partial charge >= 0.3 is 19.8 Å². The molecule has 0 fully saturated rings. The van der Waals surface area contributed by atoms with Gasteiger partial charge in [0.2, 0.25) is 0 Å². The minimum Gasteiger partial charge on any atom is -1.00 e. The first-order valence-electron chi connectivity index (χ1n) is 15.7. The maximum Gasteiger partial charge on any atom is 3.00 e. The fourth-order valence-corrected chi connectivity index (χ4v) is 7.09. The van der Waals surface area contributed by atoms with Gasteiger partial charge in [-0.1, -0.05) is 48.5 Å². The summed E-state index contributed by atoms with van der Waals surface area (Å²) in [6.07, 6.45) is 13.5. The van der Waals surface area contributed by atoms with Crippen LogP contribution in [0.2, 0.25) is 0 Å². The summed E-state index contributed by atoms with van der Waals surface area (Å²) in [4.78, 5) is 14.3. The third-order valence-electron chi connectivity index (χ3n) is 8.86. The van der Waals surface area contributed by atoms with E-state index in [1.165, 1.54) is 61.0 Å². The number of nitrogens with one attached hydrogen (secondary N) is 1. The first-order chi connectivity index (χ1) is 19.5. The van der Waals surface area contributed by atoms with Gasteiger partial charge in [0.1, 0.15) is 0 Å². The van der Waals surface area contributed by atoms with Crippen molar-refractivity contribution in [2.45, 2.75) is 107 Å². The van der Waals surface area contributed by atoms with E-state index in [1.54, 1.807) is 0 Å². The fourth-order valence-electron chi connectivity index (χ4n) is 7.09. The van der Waals surface area contributed by atoms with E-state index in [0.29, 0.717) is 0 Å². The zero-order valence-electron chi connectivity index (χ0n) is 27.6. The second-order valence-electron chi connectivity index (χ2n) is 10.8. The molecule has 1 N–H and O–H groups in total. The van der Waals surface area contributed by atoms with E-state index in [4.69, 9.17) is 9.97 Å². The molecule has 8 heteroatoms. The van der Waals surface area contributed by atoms with Gasteiger partial charge in [0.25, 0.3) is 0 Å². The number of rotatable bonds is 8. The van der Waals surface area contributed by atoms with Crippen molar-refractivity contribution in [2.24, 2.45) is 0 Å². The van der Waals surface area contributed by atoms with Crippen LogP contribution < -0.4 is 37.2 Å². The minimum atomic E-state index is 0. The van der Waals surface area contributed by atoms with Gasteiger partial charge in [-0.2, -0.15) is 0 Å². The summed E-state index contributed by atoms with van der Waals surface area (Å²) in [5.41, 5.74) is 19.4. The third kappa shape index (κ3) is 6.78. The molecule has 3 aromatic rings. The summed E-state index contributed by atoms with van der Waals surface area (Å²) >= 11 is 0. The number of aromatic nitrogens is 4. The molecule has 2 aliphatic heterocycles. The molecule has 4 nitrogen and oxygen atoms in total. The Kier molecular flexibility index (Phi) is 15.6. The molecule has 44 heavy (non-hydrogen) atoms. The SMILES string of the molecule is CCC1=Cc2cc3nc(cc4c(CC)c(CC)c(c(CC)c5[nH]c(c(CC)c1n2)c(CC)c5CC)n4CC)C=C3.[Cl-].[Cl-].[Cl-].[Ga+3]. The summed E-state index contributed by atoms with van der Waals surface area (Å²) in [7, 11) is 0. The summed E-state index contributed by atoms with van der Waals surface area (Å²) < 4.78 is 2.57. The number of H-pyrrole nitrogens is 1. The zero-order chi connectivity index (χ0) is 28.6. The Bertz CT molecular complexity index is 1700. The number of hydrogen-bond donors (Lipinski definition) is 1. The average Bonchev–Trinajstić information content (AvgIpc) is 3.73. The van der Waals surface area contributed by atoms with Crippen molar-refractivity contribution >= 4 is 65.7 Å². The number of nitrogens with zero attached hydrogens (tertiary/aromatic N) is 3. The van der Waals surface area contributed by atoms with Gasteiger partial charge in [-0.15, -0.1) is 0 Å². The topological polar surface area (TPSA) is 46.5 Å². The van der Waals surface area contributed by atoms with Crippen molar-refractivity contribution in [2.75, 3.05) is 0 Å². The van der Waals surface area contributed by atoms with E-state index < -0.39 is 0 Å². The van der Waals surface area contributed by atoms with Crippen molar-refractivity contribution in [1.82, 2.24) is 19.5 Å². The second-order valence-corrected chi connectivity index (χ2v) is 10.8. The number of fused-ring (bicyclic) bond motifs is 8. The molecule has 0 aromatic carbocycles. The van der Waals surface area contributed by atoms with Gasteiger partial charge in [0.05, 0.1) is 22.8 Å². The summed E-state index contributed by atoms with van der Waals surface area (Å²) in [6.45, 7) is 19.3. The summed E-state index contributed by atoms with van der Waals surface area (Å²) in [5, 5.41) is 0. The van der Waals surface area contributed by atoms with E-state index in [-0.39, 0.29) is 57.0 Å². The van der Waals surface area contributed by atoms with Crippen LogP contribution in [0.25, 0.3) is 45.9 Å². The standard InChI is InChI=1S/C36H46N4.3ClH.Ga/c1-9-22-19-25-20-23-17-18-24(37-23)21-32-26(10-2)29(13-5)36(40(32)16-8)31(15-7)35-28(12-4)27(11-3)34(39-35)30(14-6)33(22)38-25;;;;/h17-21,39H,9-16H2,1-8H3;3*1H;/q;;;;+3/p-3. The van der Waals surface area contributed by atoms with Crippen molar-refractivity contribution in [3.05, 3.63) is 68.3 Å². The number of allylic oxidation sites excluding steroid dienone is 1. The molecule has 0 aliphatic carbocycles. The van der Waals surface area contributed by atoms with Gasteiger partial charge in [0, 0.05) is 34.2 Å². The molecule has 0 radical (unpaired) electrons. The predicted octanol–water partition coefficient (Wildman–Crippen LogP) is -0.0653. The van der Waals surface area contributed by atoms with E-state index in [0.717, 1.165) is 74.3 Å². The van der Waals surface area contributed by atoms with Crippen molar-refractivity contribution in [3.63, 3.8) is 0 Å². The molecular weight excluding hydrogens is 665 g/mol. The molecule has 8 bridgehead atoms. The fraction of sp³-hybridized carbons (Fsp3) is 0.444. The van der Waals surface area contributed by atoms with Gasteiger partial charge in [-0.3, -0.25) is 0 Å². The monoisotopic (exact) mass is 708 g/mol. The van der Waals surface area contributed by atoms with E-state index >= 15 is 0 Å². The maximum absolute atomic E-state index is 5.22. The van der Waals surface area contributed by atoms with Gasteiger partial charge in [-0.25, -0.2) is 9.97 Å². The smallest absolute Gasteiger partial charge is 1.00 e. The van der Waals surface area contributed by atoms with Gasteiger partial charge in [-0.05, 0) is 116 Å². The summed E-state index contributed by atoms with van der Waals surface area (Å²) in [6, 6.07) is 4.45. The molecule has 3 aromatic heterocycles. The Morgan fingerprint density at radius 2 is 1.09 bits per heavy atom. The third-order valence-corrected chi connectivity index (χ3v) is 8.86. The average molecular weight is 711 g/mol. The van der Waals surface area contributed by atoms with Crippen LogP contribution in [0.5, 0.6) is 0 Å². The Morgan fingerprint density at radius 1 is 0.568 bits per heavy atom. The molecular formula is C36H46Cl3GaN4. The van der Waals surface area contributed by atoms with E-state index in [9.17, 15) is 0 Å². The molecule has 5 rings (SSSR count). The normalized spacial score (nSPS) is 11.7. The molecule has 0 unspecified atom stereocenters. The van der Waals surface area contributed by atoms with Crippen LogP contribution in [0.3, 0.4) is 0 Å². The Labute approximate surface area is 295 Å². The second kappa shape index (κ2) is 17.1. The van der Waals surface area contributed by atoms with Crippen molar-refractivity contribution in [3.8, 4) is 0 Å². The molecule has 0 saturated carbocycles. The predicted molar refractivity (Wildman–Crippen MR) is 179 cm³/mol. The number of aryl methyl sites for hydroxylation is 7. The van der Waals surface area contributed by atoms with E-state index in [2.05, 4.69) is 95.3 Å². The van der Waals surface area contributed by atoms with Gasteiger partial charge in [0.15, 0.2) is 0 Å². The van der Waals surface area contributed by atoms with Crippen molar-refractivity contribution < 1.29 is 37.2 Å². The van der Waals surface area contributed by atoms with Crippen LogP contribution in [0, 0.1) is 0 Å². The number of halogens is 3. The van der Waals surface area contributed by atoms with E-state index in [1.807, 2.05) is 0 Å². The molecule has 2 aliphatic rings.